The van der Waals surface area contributed by atoms with Crippen LogP contribution in [-0.4, -0.2) is 35.5 Å². The number of hydrazone groups is 1. The van der Waals surface area contributed by atoms with Crippen LogP contribution in [0.2, 0.25) is 20.1 Å². The Hall–Kier alpha value is -2.55. The Balaban J connectivity index is 1.70. The van der Waals surface area contributed by atoms with E-state index in [4.69, 9.17) is 55.9 Å². The molecule has 0 fully saturated rings. The topological polar surface area (TPSA) is 71.4 Å². The van der Waals surface area contributed by atoms with Crippen LogP contribution in [0.1, 0.15) is 17.5 Å². The highest BCUT2D eigenvalue weighted by Crippen LogP contribution is 2.42. The van der Waals surface area contributed by atoms with E-state index in [9.17, 15) is 14.3 Å². The fraction of sp³-hybridized carbons (Fsp3) is 0.167. The van der Waals surface area contributed by atoms with E-state index in [0.717, 1.165) is 17.1 Å². The number of halogens is 5. The zero-order valence-corrected chi connectivity index (χ0v) is 21.1. The Morgan fingerprint density at radius 2 is 1.77 bits per heavy atom. The number of methoxy groups -OCH3 is 1. The Bertz CT molecular complexity index is 1320. The van der Waals surface area contributed by atoms with E-state index < -0.39 is 24.1 Å². The third kappa shape index (κ3) is 5.20. The normalized spacial score (nSPS) is 17.3. The molecule has 11 heteroatoms. The summed E-state index contributed by atoms with van der Waals surface area (Å²) in [6.07, 6.45) is -0.173. The molecule has 1 amide bonds. The molecule has 0 radical (unpaired) electrons. The van der Waals surface area contributed by atoms with Crippen molar-refractivity contribution in [3.8, 4) is 11.5 Å². The van der Waals surface area contributed by atoms with E-state index in [1.807, 2.05) is 0 Å². The van der Waals surface area contributed by atoms with Gasteiger partial charge in [0, 0.05) is 17.0 Å². The van der Waals surface area contributed by atoms with Gasteiger partial charge in [-0.05, 0) is 60.2 Å². The Kier molecular flexibility index (Phi) is 7.45. The van der Waals surface area contributed by atoms with Crippen LogP contribution >= 0.6 is 46.4 Å². The van der Waals surface area contributed by atoms with E-state index in [-0.39, 0.29) is 32.8 Å². The highest BCUT2D eigenvalue weighted by molar-refractivity contribution is 6.36. The minimum absolute atomic E-state index is 0.0375. The van der Waals surface area contributed by atoms with Crippen molar-refractivity contribution in [3.05, 3.63) is 91.6 Å². The molecule has 1 unspecified atom stereocenters. The quantitative estimate of drug-likeness (QED) is 0.361. The molecular formula is C24H17Cl4FN2O4. The number of carbonyl (C=O) groups excluding carboxylic acids is 1. The lowest BCUT2D eigenvalue weighted by Crippen LogP contribution is -2.45. The van der Waals surface area contributed by atoms with Gasteiger partial charge < -0.3 is 14.6 Å². The third-order valence-corrected chi connectivity index (χ3v) is 6.46. The van der Waals surface area contributed by atoms with Gasteiger partial charge >= 0.3 is 0 Å². The minimum atomic E-state index is -2.11. The second-order valence-corrected chi connectivity index (χ2v) is 9.24. The number of amides is 1. The van der Waals surface area contributed by atoms with E-state index in [2.05, 4.69) is 5.10 Å². The molecule has 182 valence electrons. The van der Waals surface area contributed by atoms with Crippen molar-refractivity contribution in [3.63, 3.8) is 0 Å². The summed E-state index contributed by atoms with van der Waals surface area (Å²) >= 11 is 24.1. The van der Waals surface area contributed by atoms with Crippen molar-refractivity contribution in [2.24, 2.45) is 5.10 Å². The molecule has 3 aromatic rings. The largest absolute Gasteiger partial charge is 0.497 e. The molecule has 1 N–H and O–H groups in total. The van der Waals surface area contributed by atoms with Crippen LogP contribution in [0.25, 0.3) is 0 Å². The number of ether oxygens (including phenoxy) is 2. The zero-order valence-electron chi connectivity index (χ0n) is 18.1. The molecule has 4 rings (SSSR count). The zero-order chi connectivity index (χ0) is 25.3. The molecule has 0 bridgehead atoms. The summed E-state index contributed by atoms with van der Waals surface area (Å²) in [4.78, 5) is 13.2. The van der Waals surface area contributed by atoms with E-state index in [1.54, 1.807) is 30.3 Å². The van der Waals surface area contributed by atoms with Gasteiger partial charge in [0.2, 0.25) is 0 Å². The van der Waals surface area contributed by atoms with Gasteiger partial charge in [0.15, 0.2) is 12.3 Å². The standard InChI is InChI=1S/C24H17Cl4FN2O4/c1-34-15-5-2-13(3-6-15)21-11-24(33,16-9-20(29)18(27)10-17(16)26)31(30-21)23(32)12-35-22-7-4-14(25)8-19(22)28/h2-10,33H,11-12H2,1H3. The summed E-state index contributed by atoms with van der Waals surface area (Å²) in [7, 11) is 1.53. The van der Waals surface area contributed by atoms with Gasteiger partial charge in [-0.1, -0.05) is 46.4 Å². The summed E-state index contributed by atoms with van der Waals surface area (Å²) in [6, 6.07) is 13.5. The number of carbonyl (C=O) groups is 1. The van der Waals surface area contributed by atoms with Crippen LogP contribution in [0.3, 0.4) is 0 Å². The summed E-state index contributed by atoms with van der Waals surface area (Å²) in [6.45, 7) is -0.531. The average molecular weight is 558 g/mol. The van der Waals surface area contributed by atoms with Crippen molar-refractivity contribution in [2.45, 2.75) is 12.1 Å². The lowest BCUT2D eigenvalue weighted by Gasteiger charge is -2.32. The van der Waals surface area contributed by atoms with Gasteiger partial charge in [-0.2, -0.15) is 10.1 Å². The second-order valence-electron chi connectivity index (χ2n) is 7.58. The van der Waals surface area contributed by atoms with Gasteiger partial charge in [-0.3, -0.25) is 4.79 Å². The molecule has 1 atom stereocenters. The molecule has 35 heavy (non-hydrogen) atoms. The highest BCUT2D eigenvalue weighted by atomic mass is 35.5. The number of hydrogen-bond acceptors (Lipinski definition) is 5. The van der Waals surface area contributed by atoms with Crippen molar-refractivity contribution >= 4 is 58.0 Å². The minimum Gasteiger partial charge on any atom is -0.497 e. The predicted molar refractivity (Wildman–Crippen MR) is 133 cm³/mol. The summed E-state index contributed by atoms with van der Waals surface area (Å²) in [5, 5.41) is 17.2. The molecule has 0 spiro atoms. The number of benzene rings is 3. The molecule has 0 aliphatic carbocycles. The maximum atomic E-state index is 14.4. The third-order valence-electron chi connectivity index (χ3n) is 5.33. The monoisotopic (exact) mass is 556 g/mol. The maximum absolute atomic E-state index is 14.4. The fourth-order valence-corrected chi connectivity index (χ4v) is 4.58. The maximum Gasteiger partial charge on any atom is 0.283 e. The first-order valence-corrected chi connectivity index (χ1v) is 11.6. The van der Waals surface area contributed by atoms with Gasteiger partial charge in [-0.15, -0.1) is 0 Å². The predicted octanol–water partition coefficient (Wildman–Crippen LogP) is 6.31. The Morgan fingerprint density at radius 3 is 2.43 bits per heavy atom. The SMILES string of the molecule is COc1ccc(C2=NN(C(=O)COc3ccc(Cl)cc3Cl)C(O)(c3cc(F)c(Cl)cc3Cl)C2)cc1. The summed E-state index contributed by atoms with van der Waals surface area (Å²) < 4.78 is 25.1. The lowest BCUT2D eigenvalue weighted by molar-refractivity contribution is -0.159. The van der Waals surface area contributed by atoms with E-state index >= 15 is 0 Å². The Labute approximate surface area is 220 Å². The molecular weight excluding hydrogens is 541 g/mol. The van der Waals surface area contributed by atoms with Crippen LogP contribution in [0.15, 0.2) is 59.7 Å². The van der Waals surface area contributed by atoms with Crippen LogP contribution < -0.4 is 9.47 Å². The van der Waals surface area contributed by atoms with Crippen LogP contribution in [0.5, 0.6) is 11.5 Å². The molecule has 6 nitrogen and oxygen atoms in total. The molecule has 1 aliphatic rings. The van der Waals surface area contributed by atoms with Crippen molar-refractivity contribution in [2.75, 3.05) is 13.7 Å². The van der Waals surface area contributed by atoms with Crippen LogP contribution in [0, 0.1) is 5.82 Å². The second kappa shape index (κ2) is 10.2. The molecule has 1 aliphatic heterocycles. The number of nitrogens with zero attached hydrogens (tertiary/aromatic N) is 2. The van der Waals surface area contributed by atoms with E-state index in [1.165, 1.54) is 19.2 Å². The molecule has 0 saturated heterocycles. The van der Waals surface area contributed by atoms with Crippen molar-refractivity contribution < 1.29 is 23.8 Å². The first kappa shape index (κ1) is 25.5. The first-order chi connectivity index (χ1) is 16.6. The van der Waals surface area contributed by atoms with Crippen LogP contribution in [-0.2, 0) is 10.5 Å². The molecule has 0 aromatic heterocycles. The number of rotatable bonds is 6. The lowest BCUT2D eigenvalue weighted by atomic mass is 9.94. The fourth-order valence-electron chi connectivity index (χ4n) is 3.58. The van der Waals surface area contributed by atoms with Crippen molar-refractivity contribution in [1.82, 2.24) is 5.01 Å². The summed E-state index contributed by atoms with van der Waals surface area (Å²) in [5.41, 5.74) is -1.21. The molecule has 3 aromatic carbocycles. The average Bonchev–Trinajstić information content (AvgIpc) is 3.19. The van der Waals surface area contributed by atoms with E-state index in [0.29, 0.717) is 22.0 Å². The van der Waals surface area contributed by atoms with Gasteiger partial charge in [0.05, 0.1) is 27.9 Å². The smallest absolute Gasteiger partial charge is 0.283 e. The van der Waals surface area contributed by atoms with Crippen LogP contribution in [0.4, 0.5) is 4.39 Å². The summed E-state index contributed by atoms with van der Waals surface area (Å²) in [5.74, 6) is -0.712. The van der Waals surface area contributed by atoms with Crippen molar-refractivity contribution in [1.29, 1.82) is 0 Å². The number of hydrogen-bond donors (Lipinski definition) is 1. The molecule has 1 heterocycles. The number of aliphatic hydroxyl groups is 1. The molecule has 0 saturated carbocycles. The van der Waals surface area contributed by atoms with Gasteiger partial charge in [0.1, 0.15) is 17.3 Å². The van der Waals surface area contributed by atoms with Gasteiger partial charge in [0.25, 0.3) is 5.91 Å². The first-order valence-electron chi connectivity index (χ1n) is 10.1. The van der Waals surface area contributed by atoms with Gasteiger partial charge in [-0.25, -0.2) is 4.39 Å². The Morgan fingerprint density at radius 1 is 1.06 bits per heavy atom. The highest BCUT2D eigenvalue weighted by Gasteiger charge is 2.48.